The van der Waals surface area contributed by atoms with Gasteiger partial charge < -0.3 is 10.3 Å². The van der Waals surface area contributed by atoms with Crippen LogP contribution in [-0.2, 0) is 0 Å². The van der Waals surface area contributed by atoms with Crippen LogP contribution in [0, 0.1) is 0 Å². The maximum absolute atomic E-state index is 9.71. The minimum absolute atomic E-state index is 0.0650. The number of aromatic hydroxyl groups is 1. The van der Waals surface area contributed by atoms with Gasteiger partial charge in [-0.25, -0.2) is 0 Å². The number of hydrogen-bond donors (Lipinski definition) is 2. The molecule has 0 aliphatic rings. The number of oxime groups is 1. The van der Waals surface area contributed by atoms with Gasteiger partial charge in [0.2, 0.25) is 0 Å². The number of rotatable bonds is 2. The van der Waals surface area contributed by atoms with Crippen LogP contribution in [-0.4, -0.2) is 16.0 Å². The van der Waals surface area contributed by atoms with E-state index in [1.165, 1.54) is 6.07 Å². The Bertz CT molecular complexity index is 550. The Morgan fingerprint density at radius 2 is 1.65 bits per heavy atom. The molecular formula is C13H10ClNO2. The van der Waals surface area contributed by atoms with Gasteiger partial charge >= 0.3 is 0 Å². The van der Waals surface area contributed by atoms with Gasteiger partial charge in [-0.2, -0.15) is 0 Å². The molecule has 0 atom stereocenters. The summed E-state index contributed by atoms with van der Waals surface area (Å²) < 4.78 is 0. The second-order valence-electron chi connectivity index (χ2n) is 3.47. The first kappa shape index (κ1) is 11.5. The van der Waals surface area contributed by atoms with Crippen molar-refractivity contribution in [3.63, 3.8) is 0 Å². The minimum atomic E-state index is 0.0650. The summed E-state index contributed by atoms with van der Waals surface area (Å²) in [6.45, 7) is 0. The third-order valence-electron chi connectivity index (χ3n) is 2.38. The van der Waals surface area contributed by atoms with Crippen LogP contribution >= 0.6 is 11.6 Å². The molecule has 0 saturated carbocycles. The van der Waals surface area contributed by atoms with E-state index in [0.717, 1.165) is 0 Å². The SMILES string of the molecule is O/N=C(\c1ccc(Cl)cc1)c1ccccc1O. The third-order valence-corrected chi connectivity index (χ3v) is 2.63. The highest BCUT2D eigenvalue weighted by atomic mass is 35.5. The summed E-state index contributed by atoms with van der Waals surface area (Å²) in [5.74, 6) is 0.0650. The Labute approximate surface area is 104 Å². The van der Waals surface area contributed by atoms with E-state index in [1.807, 2.05) is 0 Å². The number of para-hydroxylation sites is 1. The van der Waals surface area contributed by atoms with Gasteiger partial charge in [-0.15, -0.1) is 0 Å². The first-order valence-electron chi connectivity index (χ1n) is 4.98. The van der Waals surface area contributed by atoms with Crippen LogP contribution in [0.15, 0.2) is 53.7 Å². The number of halogens is 1. The van der Waals surface area contributed by atoms with Crippen molar-refractivity contribution in [2.24, 2.45) is 5.16 Å². The molecule has 0 spiro atoms. The van der Waals surface area contributed by atoms with Crippen LogP contribution in [0.1, 0.15) is 11.1 Å². The van der Waals surface area contributed by atoms with Crippen molar-refractivity contribution in [3.05, 3.63) is 64.7 Å². The van der Waals surface area contributed by atoms with E-state index in [9.17, 15) is 5.11 Å². The van der Waals surface area contributed by atoms with Crippen molar-refractivity contribution < 1.29 is 10.3 Å². The summed E-state index contributed by atoms with van der Waals surface area (Å²) in [5.41, 5.74) is 1.45. The molecule has 2 aromatic carbocycles. The van der Waals surface area contributed by atoms with Crippen LogP contribution in [0.3, 0.4) is 0 Å². The van der Waals surface area contributed by atoms with Crippen molar-refractivity contribution in [3.8, 4) is 5.75 Å². The molecule has 3 nitrogen and oxygen atoms in total. The molecule has 0 aliphatic heterocycles. The van der Waals surface area contributed by atoms with Crippen molar-refractivity contribution in [1.29, 1.82) is 0 Å². The second kappa shape index (κ2) is 4.89. The van der Waals surface area contributed by atoms with E-state index in [0.29, 0.717) is 21.9 Å². The fourth-order valence-corrected chi connectivity index (χ4v) is 1.67. The Hall–Kier alpha value is -2.00. The summed E-state index contributed by atoms with van der Waals surface area (Å²) in [6.07, 6.45) is 0. The summed E-state index contributed by atoms with van der Waals surface area (Å²) in [4.78, 5) is 0. The van der Waals surface area contributed by atoms with Crippen molar-refractivity contribution >= 4 is 17.3 Å². The van der Waals surface area contributed by atoms with Crippen LogP contribution in [0.5, 0.6) is 5.75 Å². The lowest BCUT2D eigenvalue weighted by Gasteiger charge is -2.06. The van der Waals surface area contributed by atoms with E-state index in [2.05, 4.69) is 5.16 Å². The Morgan fingerprint density at radius 1 is 1.00 bits per heavy atom. The number of phenolic OH excluding ortho intramolecular Hbond substituents is 1. The third kappa shape index (κ3) is 2.40. The van der Waals surface area contributed by atoms with E-state index >= 15 is 0 Å². The predicted molar refractivity (Wildman–Crippen MR) is 67.0 cm³/mol. The van der Waals surface area contributed by atoms with Crippen molar-refractivity contribution in [2.45, 2.75) is 0 Å². The van der Waals surface area contributed by atoms with E-state index in [1.54, 1.807) is 42.5 Å². The first-order chi connectivity index (χ1) is 8.22. The molecule has 0 radical (unpaired) electrons. The Morgan fingerprint density at radius 3 is 2.24 bits per heavy atom. The summed E-state index contributed by atoms with van der Waals surface area (Å²) in [6, 6.07) is 13.5. The van der Waals surface area contributed by atoms with Gasteiger partial charge in [-0.05, 0) is 24.3 Å². The van der Waals surface area contributed by atoms with Crippen LogP contribution in [0.25, 0.3) is 0 Å². The molecule has 0 amide bonds. The molecule has 2 rings (SSSR count). The monoisotopic (exact) mass is 247 g/mol. The van der Waals surface area contributed by atoms with Crippen LogP contribution < -0.4 is 0 Å². The normalized spacial score (nSPS) is 11.5. The maximum atomic E-state index is 9.71. The van der Waals surface area contributed by atoms with Gasteiger partial charge in [0.25, 0.3) is 0 Å². The maximum Gasteiger partial charge on any atom is 0.125 e. The highest BCUT2D eigenvalue weighted by molar-refractivity contribution is 6.30. The van der Waals surface area contributed by atoms with Crippen LogP contribution in [0.4, 0.5) is 0 Å². The molecule has 0 heterocycles. The van der Waals surface area contributed by atoms with E-state index in [4.69, 9.17) is 16.8 Å². The average Bonchev–Trinajstić information content (AvgIpc) is 2.35. The highest BCUT2D eigenvalue weighted by Crippen LogP contribution is 2.21. The average molecular weight is 248 g/mol. The zero-order valence-corrected chi connectivity index (χ0v) is 9.59. The lowest BCUT2D eigenvalue weighted by molar-refractivity contribution is 0.319. The molecule has 0 fully saturated rings. The molecule has 2 N–H and O–H groups in total. The topological polar surface area (TPSA) is 52.8 Å². The first-order valence-corrected chi connectivity index (χ1v) is 5.36. The fourth-order valence-electron chi connectivity index (χ4n) is 1.55. The second-order valence-corrected chi connectivity index (χ2v) is 3.91. The predicted octanol–water partition coefficient (Wildman–Crippen LogP) is 3.27. The molecule has 0 bridgehead atoms. The number of phenols is 1. The molecule has 0 aromatic heterocycles. The molecule has 17 heavy (non-hydrogen) atoms. The Kier molecular flexibility index (Phi) is 3.30. The number of benzene rings is 2. The molecule has 0 unspecified atom stereocenters. The van der Waals surface area contributed by atoms with Crippen molar-refractivity contribution in [2.75, 3.05) is 0 Å². The Balaban J connectivity index is 2.49. The molecule has 4 heteroatoms. The largest absolute Gasteiger partial charge is 0.507 e. The summed E-state index contributed by atoms with van der Waals surface area (Å²) in [7, 11) is 0. The standard InChI is InChI=1S/C13H10ClNO2/c14-10-7-5-9(6-8-10)13(15-17)11-3-1-2-4-12(11)16/h1-8,16-17H/b15-13+. The lowest BCUT2D eigenvalue weighted by Crippen LogP contribution is -2.03. The van der Waals surface area contributed by atoms with Gasteiger partial charge in [0.1, 0.15) is 11.5 Å². The van der Waals surface area contributed by atoms with Gasteiger partial charge in [0.15, 0.2) is 0 Å². The van der Waals surface area contributed by atoms with Crippen molar-refractivity contribution in [1.82, 2.24) is 0 Å². The fraction of sp³-hybridized carbons (Fsp3) is 0. The number of hydrogen-bond acceptors (Lipinski definition) is 3. The molecular weight excluding hydrogens is 238 g/mol. The minimum Gasteiger partial charge on any atom is -0.507 e. The lowest BCUT2D eigenvalue weighted by atomic mass is 10.0. The molecule has 2 aromatic rings. The smallest absolute Gasteiger partial charge is 0.125 e. The molecule has 0 saturated heterocycles. The van der Waals surface area contributed by atoms with Crippen LogP contribution in [0.2, 0.25) is 5.02 Å². The molecule has 86 valence electrons. The quantitative estimate of drug-likeness (QED) is 0.486. The highest BCUT2D eigenvalue weighted by Gasteiger charge is 2.11. The zero-order valence-electron chi connectivity index (χ0n) is 8.84. The van der Waals surface area contributed by atoms with Gasteiger partial charge in [0.05, 0.1) is 0 Å². The van der Waals surface area contributed by atoms with Gasteiger partial charge in [0, 0.05) is 16.1 Å². The summed E-state index contributed by atoms with van der Waals surface area (Å²) in [5, 5.41) is 22.6. The summed E-state index contributed by atoms with van der Waals surface area (Å²) >= 11 is 5.79. The van der Waals surface area contributed by atoms with E-state index in [-0.39, 0.29) is 5.75 Å². The number of nitrogens with zero attached hydrogens (tertiary/aromatic N) is 1. The van der Waals surface area contributed by atoms with Gasteiger partial charge in [-0.3, -0.25) is 0 Å². The molecule has 0 aliphatic carbocycles. The van der Waals surface area contributed by atoms with Gasteiger partial charge in [-0.1, -0.05) is 41.0 Å². The zero-order chi connectivity index (χ0) is 12.3. The van der Waals surface area contributed by atoms with E-state index < -0.39 is 0 Å².